The van der Waals surface area contributed by atoms with Crippen LogP contribution in [0.15, 0.2) is 22.9 Å². The lowest BCUT2D eigenvalue weighted by molar-refractivity contribution is -0.0226. The lowest BCUT2D eigenvalue weighted by Gasteiger charge is -2.09. The summed E-state index contributed by atoms with van der Waals surface area (Å²) in [6.45, 7) is 0.256. The van der Waals surface area contributed by atoms with Gasteiger partial charge in [-0.05, 0) is 11.4 Å². The number of ether oxygens (including phenoxy) is 1. The van der Waals surface area contributed by atoms with Crippen LogP contribution in [-0.2, 0) is 11.3 Å². The van der Waals surface area contributed by atoms with Gasteiger partial charge in [-0.1, -0.05) is 6.07 Å². The molecule has 0 bridgehead atoms. The third kappa shape index (κ3) is 3.36. The minimum absolute atomic E-state index is 0.225. The van der Waals surface area contributed by atoms with Crippen molar-refractivity contribution < 1.29 is 19.7 Å². The van der Waals surface area contributed by atoms with Crippen LogP contribution in [0.25, 0.3) is 0 Å². The van der Waals surface area contributed by atoms with Crippen LogP contribution in [0.2, 0.25) is 0 Å². The molecule has 1 aliphatic heterocycles. The van der Waals surface area contributed by atoms with Crippen molar-refractivity contribution in [1.29, 1.82) is 0 Å². The molecule has 22 heavy (non-hydrogen) atoms. The van der Waals surface area contributed by atoms with E-state index in [4.69, 9.17) is 9.84 Å². The number of rotatable bonds is 5. The number of hydrogen-bond donors (Lipinski definition) is 3. The van der Waals surface area contributed by atoms with Gasteiger partial charge in [0.25, 0.3) is 5.91 Å². The summed E-state index contributed by atoms with van der Waals surface area (Å²) in [6, 6.07) is 3.90. The SMILES string of the molecule is O=C(NCc1cccs1)c1csc([C@H]2C[C@H](O)[C@@H](CO)O2)n1. The van der Waals surface area contributed by atoms with Crippen LogP contribution in [0, 0.1) is 0 Å². The minimum atomic E-state index is -0.699. The summed E-state index contributed by atoms with van der Waals surface area (Å²) >= 11 is 2.91. The van der Waals surface area contributed by atoms with Crippen LogP contribution in [0.5, 0.6) is 0 Å². The first-order chi connectivity index (χ1) is 10.7. The average Bonchev–Trinajstić information content (AvgIpc) is 3.24. The molecular formula is C14H16N2O4S2. The van der Waals surface area contributed by atoms with Crippen LogP contribution in [0.1, 0.15) is 32.9 Å². The van der Waals surface area contributed by atoms with E-state index in [1.165, 1.54) is 11.3 Å². The molecule has 1 saturated heterocycles. The Balaban J connectivity index is 1.60. The molecule has 0 spiro atoms. The summed E-state index contributed by atoms with van der Waals surface area (Å²) in [5.74, 6) is -0.229. The Morgan fingerprint density at radius 2 is 2.36 bits per heavy atom. The normalized spacial score (nSPS) is 24.5. The summed E-state index contributed by atoms with van der Waals surface area (Å²) in [7, 11) is 0. The zero-order chi connectivity index (χ0) is 15.5. The van der Waals surface area contributed by atoms with Crippen LogP contribution >= 0.6 is 22.7 Å². The van der Waals surface area contributed by atoms with Gasteiger partial charge in [0.1, 0.15) is 22.9 Å². The molecule has 0 aromatic carbocycles. The maximum Gasteiger partial charge on any atom is 0.271 e. The number of thiazole rings is 1. The van der Waals surface area contributed by atoms with Gasteiger partial charge in [-0.3, -0.25) is 4.79 Å². The van der Waals surface area contributed by atoms with Crippen molar-refractivity contribution in [3.8, 4) is 0 Å². The number of carbonyl (C=O) groups is 1. The van der Waals surface area contributed by atoms with E-state index in [9.17, 15) is 9.90 Å². The van der Waals surface area contributed by atoms with E-state index in [1.807, 2.05) is 17.5 Å². The van der Waals surface area contributed by atoms with E-state index in [0.717, 1.165) is 4.88 Å². The highest BCUT2D eigenvalue weighted by atomic mass is 32.1. The molecule has 3 rings (SSSR count). The van der Waals surface area contributed by atoms with Crippen molar-refractivity contribution in [1.82, 2.24) is 10.3 Å². The third-order valence-corrected chi connectivity index (χ3v) is 5.25. The largest absolute Gasteiger partial charge is 0.394 e. The number of nitrogens with zero attached hydrogens (tertiary/aromatic N) is 1. The quantitative estimate of drug-likeness (QED) is 0.763. The van der Waals surface area contributed by atoms with Gasteiger partial charge in [0.2, 0.25) is 0 Å². The first-order valence-electron chi connectivity index (χ1n) is 6.87. The second-order valence-corrected chi connectivity index (χ2v) is 6.90. The van der Waals surface area contributed by atoms with Gasteiger partial charge in [-0.2, -0.15) is 0 Å². The molecule has 3 N–H and O–H groups in total. The second kappa shape index (κ2) is 6.84. The van der Waals surface area contributed by atoms with Crippen LogP contribution in [-0.4, -0.2) is 39.9 Å². The monoisotopic (exact) mass is 340 g/mol. The maximum atomic E-state index is 12.1. The molecule has 0 unspecified atom stereocenters. The lowest BCUT2D eigenvalue weighted by atomic mass is 10.1. The number of hydrogen-bond acceptors (Lipinski definition) is 7. The fourth-order valence-corrected chi connectivity index (χ4v) is 3.75. The van der Waals surface area contributed by atoms with Gasteiger partial charge in [0.05, 0.1) is 19.3 Å². The fourth-order valence-electron chi connectivity index (χ4n) is 2.26. The first-order valence-corrected chi connectivity index (χ1v) is 8.63. The van der Waals surface area contributed by atoms with Gasteiger partial charge in [0, 0.05) is 16.7 Å². The summed E-state index contributed by atoms with van der Waals surface area (Å²) in [5.41, 5.74) is 0.349. The molecule has 0 aliphatic carbocycles. The molecule has 1 amide bonds. The van der Waals surface area contributed by atoms with E-state index >= 15 is 0 Å². The van der Waals surface area contributed by atoms with Gasteiger partial charge >= 0.3 is 0 Å². The van der Waals surface area contributed by atoms with Crippen molar-refractivity contribution in [2.45, 2.75) is 31.3 Å². The number of aliphatic hydroxyl groups excluding tert-OH is 2. The zero-order valence-corrected chi connectivity index (χ0v) is 13.3. The molecule has 1 fully saturated rings. The highest BCUT2D eigenvalue weighted by Gasteiger charge is 2.36. The van der Waals surface area contributed by atoms with Crippen molar-refractivity contribution in [3.63, 3.8) is 0 Å². The summed E-state index contributed by atoms with van der Waals surface area (Å²) in [6.07, 6.45) is -1.26. The Kier molecular flexibility index (Phi) is 4.84. The molecule has 2 aromatic heterocycles. The fraction of sp³-hybridized carbons (Fsp3) is 0.429. The van der Waals surface area contributed by atoms with Gasteiger partial charge in [0.15, 0.2) is 0 Å². The highest BCUT2D eigenvalue weighted by Crippen LogP contribution is 2.34. The number of carbonyl (C=O) groups excluding carboxylic acids is 1. The summed E-state index contributed by atoms with van der Waals surface area (Å²) in [5, 5.41) is 25.9. The Hall–Kier alpha value is -1.32. The summed E-state index contributed by atoms with van der Waals surface area (Å²) < 4.78 is 5.54. The molecule has 6 nitrogen and oxygen atoms in total. The van der Waals surface area contributed by atoms with Crippen molar-refractivity contribution in [3.05, 3.63) is 38.5 Å². The summed E-state index contributed by atoms with van der Waals surface area (Å²) in [4.78, 5) is 17.4. The Morgan fingerprint density at radius 3 is 3.05 bits per heavy atom. The molecule has 8 heteroatoms. The van der Waals surface area contributed by atoms with E-state index in [-0.39, 0.29) is 18.6 Å². The third-order valence-electron chi connectivity index (χ3n) is 3.44. The molecule has 1 aliphatic rings. The maximum absolute atomic E-state index is 12.1. The molecule has 3 heterocycles. The molecule has 0 saturated carbocycles. The number of aliphatic hydroxyl groups is 2. The number of aromatic nitrogens is 1. The second-order valence-electron chi connectivity index (χ2n) is 4.98. The minimum Gasteiger partial charge on any atom is -0.394 e. The number of nitrogens with one attached hydrogen (secondary N) is 1. The molecule has 2 aromatic rings. The highest BCUT2D eigenvalue weighted by molar-refractivity contribution is 7.10. The molecule has 3 atom stereocenters. The molecule has 0 radical (unpaired) electrons. The van der Waals surface area contributed by atoms with Crippen molar-refractivity contribution in [2.75, 3.05) is 6.61 Å². The van der Waals surface area contributed by atoms with Gasteiger partial charge in [-0.25, -0.2) is 4.98 Å². The molecular weight excluding hydrogens is 324 g/mol. The van der Waals surface area contributed by atoms with E-state index in [1.54, 1.807) is 16.7 Å². The van der Waals surface area contributed by atoms with Gasteiger partial charge < -0.3 is 20.3 Å². The standard InChI is InChI=1S/C14H16N2O4S2/c17-6-12-10(18)4-11(20-12)14-16-9(7-22-14)13(19)15-5-8-2-1-3-21-8/h1-3,7,10-12,17-18H,4-6H2,(H,15,19)/t10-,11+,12+/m0/s1. The lowest BCUT2D eigenvalue weighted by Crippen LogP contribution is -2.24. The van der Waals surface area contributed by atoms with E-state index < -0.39 is 12.2 Å². The Labute approximate surface area is 135 Å². The van der Waals surface area contributed by atoms with Crippen molar-refractivity contribution >= 4 is 28.6 Å². The first kappa shape index (κ1) is 15.6. The predicted molar refractivity (Wildman–Crippen MR) is 82.9 cm³/mol. The van der Waals surface area contributed by atoms with Crippen molar-refractivity contribution in [2.24, 2.45) is 0 Å². The number of thiophene rings is 1. The van der Waals surface area contributed by atoms with Gasteiger partial charge in [-0.15, -0.1) is 22.7 Å². The topological polar surface area (TPSA) is 91.7 Å². The number of amides is 1. The molecule has 118 valence electrons. The van der Waals surface area contributed by atoms with Crippen LogP contribution in [0.3, 0.4) is 0 Å². The van der Waals surface area contributed by atoms with Crippen LogP contribution in [0.4, 0.5) is 0 Å². The van der Waals surface area contributed by atoms with E-state index in [2.05, 4.69) is 10.3 Å². The predicted octanol–water partition coefficient (Wildman–Crippen LogP) is 1.32. The van der Waals surface area contributed by atoms with Crippen LogP contribution < -0.4 is 5.32 Å². The Bertz CT molecular complexity index is 629. The van der Waals surface area contributed by atoms with E-state index in [0.29, 0.717) is 23.7 Å². The smallest absolute Gasteiger partial charge is 0.271 e. The average molecular weight is 340 g/mol. The Morgan fingerprint density at radius 1 is 1.50 bits per heavy atom. The zero-order valence-electron chi connectivity index (χ0n) is 11.6.